The van der Waals surface area contributed by atoms with Gasteiger partial charge in [0, 0.05) is 18.4 Å². The number of alkyl halides is 2. The Hall–Kier alpha value is 0.757. The molecule has 0 saturated heterocycles. The summed E-state index contributed by atoms with van der Waals surface area (Å²) in [7, 11) is -0.547. The van der Waals surface area contributed by atoms with Crippen LogP contribution in [0.2, 0.25) is 12.1 Å². The molecule has 0 unspecified atom stereocenters. The van der Waals surface area contributed by atoms with E-state index in [1.165, 1.54) is 50.6 Å². The average molecular weight is 326 g/mol. The first-order valence-corrected chi connectivity index (χ1v) is 10.8. The predicted octanol–water partition coefficient (Wildman–Crippen LogP) is 6.00. The van der Waals surface area contributed by atoms with E-state index in [0.29, 0.717) is 0 Å². The fraction of sp³-hybridized carbons (Fsp3) is 1.00. The first-order valence-electron chi connectivity index (χ1n) is 7.94. The maximum Gasteiger partial charge on any atom is 0.211 e. The van der Waals surface area contributed by atoms with Crippen molar-refractivity contribution in [1.29, 1.82) is 0 Å². The van der Waals surface area contributed by atoms with Crippen molar-refractivity contribution in [3.63, 3.8) is 0 Å². The molecule has 0 spiro atoms. The minimum absolute atomic E-state index is 0.547. The first kappa shape index (κ1) is 19.8. The summed E-state index contributed by atoms with van der Waals surface area (Å²) >= 11 is 11.4. The van der Waals surface area contributed by atoms with Crippen LogP contribution in [0, 0.1) is 0 Å². The molecule has 0 atom stereocenters. The predicted molar refractivity (Wildman–Crippen MR) is 90.0 cm³/mol. The highest BCUT2D eigenvalue weighted by atomic mass is 35.5. The fourth-order valence-electron chi connectivity index (χ4n) is 2.06. The Balaban J connectivity index is 3.57. The molecule has 0 heterocycles. The van der Waals surface area contributed by atoms with Crippen LogP contribution in [-0.2, 0) is 4.43 Å². The van der Waals surface area contributed by atoms with Crippen LogP contribution in [0.5, 0.6) is 0 Å². The molecule has 0 amide bonds. The minimum Gasteiger partial charge on any atom is -0.417 e. The van der Waals surface area contributed by atoms with Crippen LogP contribution < -0.4 is 0 Å². The van der Waals surface area contributed by atoms with Gasteiger partial charge >= 0.3 is 0 Å². The lowest BCUT2D eigenvalue weighted by molar-refractivity contribution is 0.315. The van der Waals surface area contributed by atoms with Crippen LogP contribution in [-0.4, -0.2) is 27.4 Å². The summed E-state index contributed by atoms with van der Waals surface area (Å²) in [6, 6.07) is 2.64. The lowest BCUT2D eigenvalue weighted by Gasteiger charge is -2.15. The third kappa shape index (κ3) is 15.0. The van der Waals surface area contributed by atoms with Crippen LogP contribution >= 0.6 is 23.2 Å². The van der Waals surface area contributed by atoms with Gasteiger partial charge in [-0.15, -0.1) is 23.2 Å². The Kier molecular flexibility index (Phi) is 17.5. The number of rotatable bonds is 15. The molecule has 115 valence electrons. The molecule has 0 aliphatic rings. The van der Waals surface area contributed by atoms with E-state index in [-0.39, 0.29) is 0 Å². The van der Waals surface area contributed by atoms with Gasteiger partial charge in [-0.2, -0.15) is 0 Å². The maximum absolute atomic E-state index is 6.05. The van der Waals surface area contributed by atoms with E-state index in [0.717, 1.165) is 37.6 Å². The van der Waals surface area contributed by atoms with Gasteiger partial charge in [-0.3, -0.25) is 0 Å². The summed E-state index contributed by atoms with van der Waals surface area (Å²) in [6.45, 7) is 3.15. The van der Waals surface area contributed by atoms with Gasteiger partial charge in [-0.25, -0.2) is 0 Å². The van der Waals surface area contributed by atoms with Gasteiger partial charge in [0.15, 0.2) is 0 Å². The molecule has 4 heteroatoms. The maximum atomic E-state index is 6.05. The van der Waals surface area contributed by atoms with Gasteiger partial charge in [0.2, 0.25) is 9.04 Å². The zero-order valence-corrected chi connectivity index (χ0v) is 15.1. The molecule has 0 aliphatic heterocycles. The van der Waals surface area contributed by atoms with Crippen molar-refractivity contribution < 1.29 is 4.43 Å². The fourth-order valence-corrected chi connectivity index (χ4v) is 4.75. The minimum atomic E-state index is -0.547. The van der Waals surface area contributed by atoms with Gasteiger partial charge in [0.05, 0.1) is 0 Å². The van der Waals surface area contributed by atoms with Gasteiger partial charge in [-0.05, 0) is 31.4 Å². The second-order valence-electron chi connectivity index (χ2n) is 5.09. The molecule has 0 bridgehead atoms. The van der Waals surface area contributed by atoms with Crippen molar-refractivity contribution in [3.05, 3.63) is 0 Å². The van der Waals surface area contributed by atoms with E-state index >= 15 is 0 Å². The monoisotopic (exact) mass is 325 g/mol. The molecule has 19 heavy (non-hydrogen) atoms. The molecule has 0 aromatic carbocycles. The van der Waals surface area contributed by atoms with Crippen molar-refractivity contribution >= 4 is 32.2 Å². The van der Waals surface area contributed by atoms with Crippen LogP contribution in [0.3, 0.4) is 0 Å². The molecule has 0 aliphatic carbocycles. The van der Waals surface area contributed by atoms with Crippen LogP contribution in [0.1, 0.15) is 64.7 Å². The van der Waals surface area contributed by atoms with Crippen LogP contribution in [0.15, 0.2) is 0 Å². The highest BCUT2D eigenvalue weighted by molar-refractivity contribution is 6.51. The second-order valence-corrected chi connectivity index (χ2v) is 8.22. The molecule has 0 N–H and O–H groups in total. The topological polar surface area (TPSA) is 9.23 Å². The van der Waals surface area contributed by atoms with Gasteiger partial charge < -0.3 is 4.43 Å². The normalized spacial score (nSPS) is 11.4. The highest BCUT2D eigenvalue weighted by Crippen LogP contribution is 2.15. The quantitative estimate of drug-likeness (QED) is 0.204. The third-order valence-electron chi connectivity index (χ3n) is 3.19. The molecule has 0 fully saturated rings. The van der Waals surface area contributed by atoms with E-state index in [9.17, 15) is 0 Å². The Labute approximate surface area is 132 Å². The van der Waals surface area contributed by atoms with E-state index in [4.69, 9.17) is 27.6 Å². The summed E-state index contributed by atoms with van der Waals surface area (Å²) in [5.74, 6) is 1.62. The summed E-state index contributed by atoms with van der Waals surface area (Å²) < 4.78 is 6.05. The number of unbranched alkanes of at least 4 members (excludes halogenated alkanes) is 6. The molecule has 0 saturated carbocycles. The van der Waals surface area contributed by atoms with E-state index in [1.807, 2.05) is 0 Å². The number of hydrogen-bond donors (Lipinski definition) is 0. The first-order chi connectivity index (χ1) is 9.35. The SMILES string of the molecule is CCCO[Si](CCCCCCCl)CCCCCCCl. The Morgan fingerprint density at radius 2 is 1.21 bits per heavy atom. The van der Waals surface area contributed by atoms with Crippen molar-refractivity contribution in [1.82, 2.24) is 0 Å². The number of hydrogen-bond acceptors (Lipinski definition) is 1. The second kappa shape index (κ2) is 16.8. The van der Waals surface area contributed by atoms with Crippen LogP contribution in [0.25, 0.3) is 0 Å². The zero-order valence-electron chi connectivity index (χ0n) is 12.6. The van der Waals surface area contributed by atoms with Gasteiger partial charge in [0.1, 0.15) is 0 Å². The Morgan fingerprint density at radius 1 is 0.737 bits per heavy atom. The summed E-state index contributed by atoms with van der Waals surface area (Å²) in [5, 5.41) is 0. The van der Waals surface area contributed by atoms with Crippen LogP contribution in [0.4, 0.5) is 0 Å². The highest BCUT2D eigenvalue weighted by Gasteiger charge is 2.12. The van der Waals surface area contributed by atoms with Gasteiger partial charge in [-0.1, -0.05) is 45.4 Å². The smallest absolute Gasteiger partial charge is 0.211 e. The molecule has 0 rings (SSSR count). The van der Waals surface area contributed by atoms with Crippen molar-refractivity contribution in [3.8, 4) is 0 Å². The average Bonchev–Trinajstić information content (AvgIpc) is 2.43. The molecule has 0 aromatic rings. The molecule has 1 radical (unpaired) electrons. The molecular formula is C15H31Cl2OSi. The lowest BCUT2D eigenvalue weighted by Crippen LogP contribution is -2.18. The molecule has 1 nitrogen and oxygen atoms in total. The van der Waals surface area contributed by atoms with E-state index in [1.54, 1.807) is 0 Å². The molecular weight excluding hydrogens is 295 g/mol. The van der Waals surface area contributed by atoms with E-state index in [2.05, 4.69) is 6.92 Å². The lowest BCUT2D eigenvalue weighted by atomic mass is 10.2. The number of halogens is 2. The Bertz CT molecular complexity index is 156. The summed E-state index contributed by atoms with van der Waals surface area (Å²) in [4.78, 5) is 0. The summed E-state index contributed by atoms with van der Waals surface area (Å²) in [5.41, 5.74) is 0. The summed E-state index contributed by atoms with van der Waals surface area (Å²) in [6.07, 6.45) is 11.3. The standard InChI is InChI=1S/C15H31Cl2OSi/c1-2-13-18-19(14-9-5-3-7-11-16)15-10-6-4-8-12-17/h2-15H2,1H3. The van der Waals surface area contributed by atoms with E-state index < -0.39 is 9.04 Å². The Morgan fingerprint density at radius 3 is 1.63 bits per heavy atom. The van der Waals surface area contributed by atoms with Gasteiger partial charge in [0.25, 0.3) is 0 Å². The van der Waals surface area contributed by atoms with Crippen molar-refractivity contribution in [2.24, 2.45) is 0 Å². The molecule has 0 aromatic heterocycles. The van der Waals surface area contributed by atoms with Crippen molar-refractivity contribution in [2.45, 2.75) is 76.8 Å². The third-order valence-corrected chi connectivity index (χ3v) is 6.16. The largest absolute Gasteiger partial charge is 0.417 e. The zero-order chi connectivity index (χ0) is 14.2. The van der Waals surface area contributed by atoms with Crippen molar-refractivity contribution in [2.75, 3.05) is 18.4 Å².